The van der Waals surface area contributed by atoms with Crippen LogP contribution in [0.3, 0.4) is 0 Å². The monoisotopic (exact) mass is 185 g/mol. The third-order valence-corrected chi connectivity index (χ3v) is 3.35. The van der Waals surface area contributed by atoms with Crippen molar-refractivity contribution in [2.75, 3.05) is 0 Å². The summed E-state index contributed by atoms with van der Waals surface area (Å²) in [7, 11) is 0. The summed E-state index contributed by atoms with van der Waals surface area (Å²) in [6, 6.07) is 0. The van der Waals surface area contributed by atoms with Crippen LogP contribution in [0.5, 0.6) is 0 Å². The van der Waals surface area contributed by atoms with Crippen LogP contribution in [0.1, 0.15) is 39.5 Å². The number of hydrogen-bond donors (Lipinski definition) is 2. The molecule has 3 nitrogen and oxygen atoms in total. The predicted octanol–water partition coefficient (Wildman–Crippen LogP) is 1.05. The van der Waals surface area contributed by atoms with E-state index in [1.54, 1.807) is 0 Å². The number of aliphatic hydroxyl groups excluding tert-OH is 1. The quantitative estimate of drug-likeness (QED) is 0.675. The molecule has 3 N–H and O–H groups in total. The van der Waals surface area contributed by atoms with Gasteiger partial charge in [-0.1, -0.05) is 13.8 Å². The topological polar surface area (TPSA) is 63.3 Å². The molecule has 0 aromatic carbocycles. The zero-order valence-electron chi connectivity index (χ0n) is 8.42. The van der Waals surface area contributed by atoms with Gasteiger partial charge in [0.25, 0.3) is 0 Å². The van der Waals surface area contributed by atoms with E-state index in [-0.39, 0.29) is 12.0 Å². The third-order valence-electron chi connectivity index (χ3n) is 3.35. The van der Waals surface area contributed by atoms with Crippen LogP contribution in [0.2, 0.25) is 0 Å². The fraction of sp³-hybridized carbons (Fsp3) is 0.900. The minimum Gasteiger partial charge on any atom is -0.393 e. The highest BCUT2D eigenvalue weighted by Gasteiger charge is 2.36. The number of primary amides is 1. The van der Waals surface area contributed by atoms with Crippen LogP contribution in [0.4, 0.5) is 0 Å². The van der Waals surface area contributed by atoms with Gasteiger partial charge >= 0.3 is 0 Å². The summed E-state index contributed by atoms with van der Waals surface area (Å²) in [5.74, 6) is 0.113. The molecule has 1 fully saturated rings. The molecule has 1 rings (SSSR count). The van der Waals surface area contributed by atoms with E-state index in [9.17, 15) is 9.90 Å². The molecule has 0 aliphatic heterocycles. The van der Waals surface area contributed by atoms with Gasteiger partial charge < -0.3 is 10.8 Å². The maximum Gasteiger partial charge on any atom is 0.223 e. The van der Waals surface area contributed by atoms with E-state index in [4.69, 9.17) is 5.73 Å². The smallest absolute Gasteiger partial charge is 0.223 e. The van der Waals surface area contributed by atoms with E-state index < -0.39 is 5.41 Å². The van der Waals surface area contributed by atoms with Gasteiger partial charge in [-0.15, -0.1) is 0 Å². The molecule has 0 aromatic heterocycles. The molecule has 0 spiro atoms. The third kappa shape index (κ3) is 2.21. The minimum atomic E-state index is -0.417. The molecular formula is C10H19NO2. The number of rotatable bonds is 2. The molecule has 0 unspecified atom stereocenters. The second kappa shape index (κ2) is 3.66. The first-order chi connectivity index (χ1) is 5.94. The zero-order chi connectivity index (χ0) is 10.1. The van der Waals surface area contributed by atoms with Gasteiger partial charge in [-0.25, -0.2) is 0 Å². The van der Waals surface area contributed by atoms with E-state index in [2.05, 4.69) is 0 Å². The Labute approximate surface area is 79.3 Å². The highest BCUT2D eigenvalue weighted by molar-refractivity contribution is 5.80. The highest BCUT2D eigenvalue weighted by Crippen LogP contribution is 2.37. The van der Waals surface area contributed by atoms with Crippen LogP contribution < -0.4 is 5.73 Å². The lowest BCUT2D eigenvalue weighted by atomic mass is 9.70. The van der Waals surface area contributed by atoms with E-state index in [1.165, 1.54) is 0 Å². The molecule has 1 aliphatic carbocycles. The maximum atomic E-state index is 11.2. The summed E-state index contributed by atoms with van der Waals surface area (Å²) in [5.41, 5.74) is 4.92. The number of hydrogen-bond acceptors (Lipinski definition) is 2. The van der Waals surface area contributed by atoms with Crippen LogP contribution in [0.15, 0.2) is 0 Å². The Morgan fingerprint density at radius 3 is 2.15 bits per heavy atom. The fourth-order valence-electron chi connectivity index (χ4n) is 2.00. The summed E-state index contributed by atoms with van der Waals surface area (Å²) in [6.07, 6.45) is 3.27. The summed E-state index contributed by atoms with van der Waals surface area (Å²) >= 11 is 0. The van der Waals surface area contributed by atoms with Crippen LogP contribution in [-0.2, 0) is 4.79 Å². The number of amides is 1. The molecule has 0 atom stereocenters. The Bertz CT molecular complexity index is 193. The van der Waals surface area contributed by atoms with E-state index in [0.29, 0.717) is 5.92 Å². The number of carbonyl (C=O) groups excluding carboxylic acids is 1. The van der Waals surface area contributed by atoms with Crippen molar-refractivity contribution in [3.05, 3.63) is 0 Å². The molecule has 1 amide bonds. The summed E-state index contributed by atoms with van der Waals surface area (Å²) in [4.78, 5) is 11.2. The molecule has 0 aromatic rings. The van der Waals surface area contributed by atoms with Gasteiger partial charge in [0.15, 0.2) is 0 Å². The normalized spacial score (nSPS) is 30.1. The first-order valence-electron chi connectivity index (χ1n) is 4.92. The van der Waals surface area contributed by atoms with Crippen LogP contribution in [0, 0.1) is 11.3 Å². The molecule has 13 heavy (non-hydrogen) atoms. The minimum absolute atomic E-state index is 0.167. The summed E-state index contributed by atoms with van der Waals surface area (Å²) < 4.78 is 0. The van der Waals surface area contributed by atoms with Crippen molar-refractivity contribution in [3.63, 3.8) is 0 Å². The van der Waals surface area contributed by atoms with Gasteiger partial charge in [0.05, 0.1) is 6.10 Å². The fourth-order valence-corrected chi connectivity index (χ4v) is 2.00. The maximum absolute atomic E-state index is 11.2. The SMILES string of the molecule is CC(C)(C(N)=O)[C@H]1CC[C@@H](O)CC1. The molecule has 1 saturated carbocycles. The standard InChI is InChI=1S/C10H19NO2/c1-10(2,9(11)13)7-3-5-8(12)6-4-7/h7-8,12H,3-6H2,1-2H3,(H2,11,13)/t7-,8+. The second-order valence-corrected chi connectivity index (χ2v) is 4.59. The van der Waals surface area contributed by atoms with Crippen molar-refractivity contribution in [3.8, 4) is 0 Å². The van der Waals surface area contributed by atoms with Crippen molar-refractivity contribution < 1.29 is 9.90 Å². The summed E-state index contributed by atoms with van der Waals surface area (Å²) in [5, 5.41) is 9.32. The van der Waals surface area contributed by atoms with Crippen LogP contribution in [-0.4, -0.2) is 17.1 Å². The Kier molecular flexibility index (Phi) is 2.96. The average Bonchev–Trinajstić information content (AvgIpc) is 2.04. The molecular weight excluding hydrogens is 166 g/mol. The molecule has 0 bridgehead atoms. The van der Waals surface area contributed by atoms with Gasteiger partial charge in [0.2, 0.25) is 5.91 Å². The Hall–Kier alpha value is -0.570. The molecule has 3 heteroatoms. The Morgan fingerprint density at radius 1 is 1.31 bits per heavy atom. The van der Waals surface area contributed by atoms with Gasteiger partial charge in [0.1, 0.15) is 0 Å². The van der Waals surface area contributed by atoms with E-state index in [0.717, 1.165) is 25.7 Å². The molecule has 0 saturated heterocycles. The number of aliphatic hydroxyl groups is 1. The second-order valence-electron chi connectivity index (χ2n) is 4.59. The molecule has 0 heterocycles. The van der Waals surface area contributed by atoms with Crippen molar-refractivity contribution in [1.82, 2.24) is 0 Å². The van der Waals surface area contributed by atoms with Crippen LogP contribution in [0.25, 0.3) is 0 Å². The number of nitrogens with two attached hydrogens (primary N) is 1. The van der Waals surface area contributed by atoms with E-state index >= 15 is 0 Å². The first kappa shape index (κ1) is 10.5. The Morgan fingerprint density at radius 2 is 1.77 bits per heavy atom. The van der Waals surface area contributed by atoms with Gasteiger partial charge in [-0.2, -0.15) is 0 Å². The lowest BCUT2D eigenvalue weighted by molar-refractivity contribution is -0.129. The number of carbonyl (C=O) groups is 1. The Balaban J connectivity index is 2.58. The zero-order valence-corrected chi connectivity index (χ0v) is 8.42. The summed E-state index contributed by atoms with van der Waals surface area (Å²) in [6.45, 7) is 3.80. The average molecular weight is 185 g/mol. The lowest BCUT2D eigenvalue weighted by Crippen LogP contribution is -2.40. The van der Waals surface area contributed by atoms with Gasteiger partial charge in [-0.3, -0.25) is 4.79 Å². The van der Waals surface area contributed by atoms with Crippen molar-refractivity contribution >= 4 is 5.91 Å². The highest BCUT2D eigenvalue weighted by atomic mass is 16.3. The molecule has 0 radical (unpaired) electrons. The predicted molar refractivity (Wildman–Crippen MR) is 50.9 cm³/mol. The van der Waals surface area contributed by atoms with Crippen molar-refractivity contribution in [1.29, 1.82) is 0 Å². The van der Waals surface area contributed by atoms with Crippen LogP contribution >= 0.6 is 0 Å². The molecule has 1 aliphatic rings. The van der Waals surface area contributed by atoms with Gasteiger partial charge in [0, 0.05) is 5.41 Å². The van der Waals surface area contributed by atoms with Crippen molar-refractivity contribution in [2.24, 2.45) is 17.1 Å². The largest absolute Gasteiger partial charge is 0.393 e. The van der Waals surface area contributed by atoms with E-state index in [1.807, 2.05) is 13.8 Å². The molecule has 76 valence electrons. The van der Waals surface area contributed by atoms with Crippen molar-refractivity contribution in [2.45, 2.75) is 45.6 Å². The van der Waals surface area contributed by atoms with Gasteiger partial charge in [-0.05, 0) is 31.6 Å². The lowest BCUT2D eigenvalue weighted by Gasteiger charge is -2.35. The first-order valence-corrected chi connectivity index (χ1v) is 4.92.